The summed E-state index contributed by atoms with van der Waals surface area (Å²) in [7, 11) is 0. The van der Waals surface area contributed by atoms with Gasteiger partial charge >= 0.3 is 0 Å². The molecule has 1 heterocycles. The lowest BCUT2D eigenvalue weighted by molar-refractivity contribution is 0.617. The van der Waals surface area contributed by atoms with E-state index < -0.39 is 0 Å². The molecular weight excluding hydrogens is 282 g/mol. The fourth-order valence-electron chi connectivity index (χ4n) is 3.02. The molecule has 0 aliphatic carbocycles. The summed E-state index contributed by atoms with van der Waals surface area (Å²) in [6.07, 6.45) is 3.61. The number of para-hydroxylation sites is 1. The first kappa shape index (κ1) is 15.6. The zero-order valence-corrected chi connectivity index (χ0v) is 14.3. The molecule has 3 heteroatoms. The first-order valence-corrected chi connectivity index (χ1v) is 8.44. The molecule has 3 rings (SSSR count). The average Bonchev–Trinajstić information content (AvgIpc) is 2.91. The molecule has 2 aromatic carbocycles. The van der Waals surface area contributed by atoms with Gasteiger partial charge in [-0.25, -0.2) is 4.98 Å². The van der Waals surface area contributed by atoms with Gasteiger partial charge in [-0.1, -0.05) is 38.0 Å². The number of nitrogens with zero attached hydrogens (tertiary/aromatic N) is 2. The average molecular weight is 307 g/mol. The summed E-state index contributed by atoms with van der Waals surface area (Å²) in [6.45, 7) is 7.50. The Morgan fingerprint density at radius 1 is 1.04 bits per heavy atom. The van der Waals surface area contributed by atoms with Crippen LogP contribution in [0.15, 0.2) is 36.4 Å². The molecule has 120 valence electrons. The minimum absolute atomic E-state index is 0.752. The third-order valence-corrected chi connectivity index (χ3v) is 4.56. The number of nitrogens with two attached hydrogens (primary N) is 1. The Bertz CT molecular complexity index is 830. The summed E-state index contributed by atoms with van der Waals surface area (Å²) in [5, 5.41) is 0. The van der Waals surface area contributed by atoms with E-state index in [9.17, 15) is 0 Å². The fraction of sp³-hybridized carbons (Fsp3) is 0.350. The van der Waals surface area contributed by atoms with E-state index >= 15 is 0 Å². The lowest BCUT2D eigenvalue weighted by Gasteiger charge is -2.10. The highest BCUT2D eigenvalue weighted by Crippen LogP contribution is 2.29. The van der Waals surface area contributed by atoms with Gasteiger partial charge in [0.15, 0.2) is 0 Å². The smallest absolute Gasteiger partial charge is 0.141 e. The number of aromatic nitrogens is 2. The van der Waals surface area contributed by atoms with Gasteiger partial charge in [-0.05, 0) is 49.6 Å². The van der Waals surface area contributed by atoms with Crippen molar-refractivity contribution < 1.29 is 0 Å². The van der Waals surface area contributed by atoms with Crippen molar-refractivity contribution in [2.75, 3.05) is 5.73 Å². The largest absolute Gasteiger partial charge is 0.397 e. The van der Waals surface area contributed by atoms with Gasteiger partial charge in [-0.3, -0.25) is 0 Å². The number of aryl methyl sites for hydroxylation is 3. The van der Waals surface area contributed by atoms with Crippen LogP contribution in [0.25, 0.3) is 22.4 Å². The molecule has 1 aromatic heterocycles. The molecule has 23 heavy (non-hydrogen) atoms. The van der Waals surface area contributed by atoms with Crippen LogP contribution in [0.4, 0.5) is 5.69 Å². The van der Waals surface area contributed by atoms with Gasteiger partial charge in [0.05, 0.1) is 11.2 Å². The SMILES string of the molecule is CCCCCn1c(-c2ccc(C)c(C)c2)nc2c(N)cccc21. The van der Waals surface area contributed by atoms with Gasteiger partial charge in [0.25, 0.3) is 0 Å². The topological polar surface area (TPSA) is 43.8 Å². The zero-order chi connectivity index (χ0) is 16.4. The van der Waals surface area contributed by atoms with Crippen molar-refractivity contribution >= 4 is 16.7 Å². The van der Waals surface area contributed by atoms with Gasteiger partial charge in [0, 0.05) is 12.1 Å². The van der Waals surface area contributed by atoms with Crippen molar-refractivity contribution in [2.24, 2.45) is 0 Å². The highest BCUT2D eigenvalue weighted by atomic mass is 15.1. The maximum atomic E-state index is 6.15. The lowest BCUT2D eigenvalue weighted by Crippen LogP contribution is -2.01. The van der Waals surface area contributed by atoms with Crippen molar-refractivity contribution in [2.45, 2.75) is 46.6 Å². The van der Waals surface area contributed by atoms with Crippen LogP contribution in [0.2, 0.25) is 0 Å². The van der Waals surface area contributed by atoms with Crippen LogP contribution in [0.5, 0.6) is 0 Å². The number of hydrogen-bond donors (Lipinski definition) is 1. The highest BCUT2D eigenvalue weighted by Gasteiger charge is 2.14. The Labute approximate surface area is 138 Å². The number of anilines is 1. The maximum Gasteiger partial charge on any atom is 0.141 e. The Balaban J connectivity index is 2.15. The summed E-state index contributed by atoms with van der Waals surface area (Å²) in [5.74, 6) is 1.03. The standard InChI is InChI=1S/C20H25N3/c1-4-5-6-12-23-18-9-7-8-17(21)19(18)22-20(23)16-11-10-14(2)15(3)13-16/h7-11,13H,4-6,12,21H2,1-3H3. The van der Waals surface area contributed by atoms with Crippen LogP contribution >= 0.6 is 0 Å². The minimum atomic E-state index is 0.752. The molecule has 0 aliphatic rings. The predicted molar refractivity (Wildman–Crippen MR) is 98.6 cm³/mol. The van der Waals surface area contributed by atoms with Gasteiger partial charge < -0.3 is 10.3 Å². The fourth-order valence-corrected chi connectivity index (χ4v) is 3.02. The Hall–Kier alpha value is -2.29. The third-order valence-electron chi connectivity index (χ3n) is 4.56. The highest BCUT2D eigenvalue weighted by molar-refractivity contribution is 5.90. The van der Waals surface area contributed by atoms with E-state index in [0.717, 1.165) is 35.5 Å². The zero-order valence-electron chi connectivity index (χ0n) is 14.3. The molecule has 0 spiro atoms. The molecule has 0 unspecified atom stereocenters. The van der Waals surface area contributed by atoms with Gasteiger partial charge in [-0.2, -0.15) is 0 Å². The first-order valence-electron chi connectivity index (χ1n) is 8.44. The molecule has 0 aliphatic heterocycles. The molecule has 3 nitrogen and oxygen atoms in total. The monoisotopic (exact) mass is 307 g/mol. The molecule has 0 saturated heterocycles. The number of unbranched alkanes of at least 4 members (excludes halogenated alkanes) is 2. The number of imidazole rings is 1. The second-order valence-corrected chi connectivity index (χ2v) is 6.31. The predicted octanol–water partition coefficient (Wildman–Crippen LogP) is 5.09. The minimum Gasteiger partial charge on any atom is -0.397 e. The number of nitrogen functional groups attached to an aromatic ring is 1. The van der Waals surface area contributed by atoms with E-state index in [0.29, 0.717) is 0 Å². The Morgan fingerprint density at radius 2 is 1.87 bits per heavy atom. The van der Waals surface area contributed by atoms with E-state index in [1.165, 1.54) is 29.5 Å². The van der Waals surface area contributed by atoms with E-state index in [1.54, 1.807) is 0 Å². The summed E-state index contributed by atoms with van der Waals surface area (Å²) >= 11 is 0. The lowest BCUT2D eigenvalue weighted by atomic mass is 10.1. The first-order chi connectivity index (χ1) is 11.1. The van der Waals surface area contributed by atoms with Crippen LogP contribution in [0, 0.1) is 13.8 Å². The van der Waals surface area contributed by atoms with Crippen molar-refractivity contribution in [3.05, 3.63) is 47.5 Å². The van der Waals surface area contributed by atoms with E-state index in [-0.39, 0.29) is 0 Å². The van der Waals surface area contributed by atoms with Crippen molar-refractivity contribution in [3.8, 4) is 11.4 Å². The molecule has 0 atom stereocenters. The van der Waals surface area contributed by atoms with Crippen LogP contribution in [0.1, 0.15) is 37.3 Å². The van der Waals surface area contributed by atoms with E-state index in [4.69, 9.17) is 10.7 Å². The van der Waals surface area contributed by atoms with Crippen molar-refractivity contribution in [1.29, 1.82) is 0 Å². The van der Waals surface area contributed by atoms with Gasteiger partial charge in [-0.15, -0.1) is 0 Å². The van der Waals surface area contributed by atoms with Gasteiger partial charge in [0.2, 0.25) is 0 Å². The number of hydrogen-bond acceptors (Lipinski definition) is 2. The second kappa shape index (κ2) is 6.45. The summed E-state index contributed by atoms with van der Waals surface area (Å²) in [5.41, 5.74) is 12.7. The van der Waals surface area contributed by atoms with E-state index in [2.05, 4.69) is 49.6 Å². The van der Waals surface area contributed by atoms with Gasteiger partial charge in [0.1, 0.15) is 11.3 Å². The second-order valence-electron chi connectivity index (χ2n) is 6.31. The summed E-state index contributed by atoms with van der Waals surface area (Å²) in [4.78, 5) is 4.87. The summed E-state index contributed by atoms with van der Waals surface area (Å²) < 4.78 is 2.32. The molecule has 0 saturated carbocycles. The normalized spacial score (nSPS) is 11.3. The molecule has 2 N–H and O–H groups in total. The number of rotatable bonds is 5. The third kappa shape index (κ3) is 2.96. The summed E-state index contributed by atoms with van der Waals surface area (Å²) in [6, 6.07) is 12.6. The van der Waals surface area contributed by atoms with Crippen molar-refractivity contribution in [3.63, 3.8) is 0 Å². The van der Waals surface area contributed by atoms with Crippen LogP contribution in [-0.2, 0) is 6.54 Å². The number of benzene rings is 2. The molecular formula is C20H25N3. The molecule has 3 aromatic rings. The Morgan fingerprint density at radius 3 is 2.61 bits per heavy atom. The van der Waals surface area contributed by atoms with Crippen molar-refractivity contribution in [1.82, 2.24) is 9.55 Å². The van der Waals surface area contributed by atoms with E-state index in [1.807, 2.05) is 12.1 Å². The van der Waals surface area contributed by atoms with Crippen LogP contribution in [0.3, 0.4) is 0 Å². The van der Waals surface area contributed by atoms with Crippen LogP contribution in [-0.4, -0.2) is 9.55 Å². The molecule has 0 amide bonds. The van der Waals surface area contributed by atoms with Crippen LogP contribution < -0.4 is 5.73 Å². The molecule has 0 bridgehead atoms. The quantitative estimate of drug-likeness (QED) is 0.527. The number of fused-ring (bicyclic) bond motifs is 1. The Kier molecular flexibility index (Phi) is 4.37. The molecule has 0 radical (unpaired) electrons. The maximum absolute atomic E-state index is 6.15. The molecule has 0 fully saturated rings.